The number of hydrogen-bond acceptors (Lipinski definition) is 6. The van der Waals surface area contributed by atoms with Crippen LogP contribution in [0.5, 0.6) is 5.75 Å². The molecule has 0 aliphatic carbocycles. The quantitative estimate of drug-likeness (QED) is 0.372. The van der Waals surface area contributed by atoms with Crippen LogP contribution >= 0.6 is 11.8 Å². The third-order valence-electron chi connectivity index (χ3n) is 7.07. The lowest BCUT2D eigenvalue weighted by Crippen LogP contribution is -2.73. The summed E-state index contributed by atoms with van der Waals surface area (Å²) in [6.07, 6.45) is 0.281. The summed E-state index contributed by atoms with van der Waals surface area (Å²) in [6.45, 7) is 9.37. The number of phenolic OH excluding ortho intramolecular Hbond substituents is 1. The number of aromatic hydroxyl groups is 1. The van der Waals surface area contributed by atoms with Gasteiger partial charge in [-0.25, -0.2) is 0 Å². The van der Waals surface area contributed by atoms with Crippen LogP contribution in [-0.2, 0) is 16.0 Å². The SMILES string of the molecule is C=CCN1C(=O)[C@H]2N(C(=O)[C@@H](O)[C@H](Cc3ccccc3)NC(=O)c3ccc(C)c(O)c3C)CSC21C. The zero-order valence-corrected chi connectivity index (χ0v) is 21.4. The number of hydrogen-bond donors (Lipinski definition) is 3. The molecule has 0 aromatic heterocycles. The van der Waals surface area contributed by atoms with E-state index >= 15 is 0 Å². The number of aryl methyl sites for hydroxylation is 1. The smallest absolute Gasteiger partial charge is 0.255 e. The predicted molar refractivity (Wildman–Crippen MR) is 138 cm³/mol. The summed E-state index contributed by atoms with van der Waals surface area (Å²) in [6, 6.07) is 10.9. The van der Waals surface area contributed by atoms with E-state index in [1.807, 2.05) is 37.3 Å². The van der Waals surface area contributed by atoms with Gasteiger partial charge in [-0.05, 0) is 44.4 Å². The van der Waals surface area contributed by atoms with Gasteiger partial charge in [0.25, 0.3) is 11.8 Å². The van der Waals surface area contributed by atoms with Crippen LogP contribution in [0.3, 0.4) is 0 Å². The van der Waals surface area contributed by atoms with E-state index < -0.39 is 34.9 Å². The number of β-lactam (4-membered cyclic amide) rings is 1. The van der Waals surface area contributed by atoms with Crippen LogP contribution in [0, 0.1) is 13.8 Å². The van der Waals surface area contributed by atoms with Gasteiger partial charge >= 0.3 is 0 Å². The maximum Gasteiger partial charge on any atom is 0.255 e. The molecule has 2 aromatic rings. The molecule has 0 saturated carbocycles. The largest absolute Gasteiger partial charge is 0.507 e. The fourth-order valence-corrected chi connectivity index (χ4v) is 6.28. The number of aliphatic hydroxyl groups excluding tert-OH is 1. The minimum atomic E-state index is -1.57. The van der Waals surface area contributed by atoms with Crippen molar-refractivity contribution in [1.29, 1.82) is 0 Å². The number of benzene rings is 2. The Hall–Kier alpha value is -3.30. The zero-order chi connectivity index (χ0) is 26.2. The van der Waals surface area contributed by atoms with Crippen LogP contribution in [0.1, 0.15) is 34.0 Å². The molecule has 190 valence electrons. The minimum Gasteiger partial charge on any atom is -0.507 e. The van der Waals surface area contributed by atoms with Crippen molar-refractivity contribution in [3.8, 4) is 5.75 Å². The van der Waals surface area contributed by atoms with Gasteiger partial charge < -0.3 is 25.3 Å². The van der Waals surface area contributed by atoms with Gasteiger partial charge in [0.05, 0.1) is 11.9 Å². The molecule has 4 atom stereocenters. The second kappa shape index (κ2) is 9.99. The summed E-state index contributed by atoms with van der Waals surface area (Å²) in [4.78, 5) is 42.0. The van der Waals surface area contributed by atoms with Crippen molar-refractivity contribution in [1.82, 2.24) is 15.1 Å². The van der Waals surface area contributed by atoms with Crippen molar-refractivity contribution in [2.24, 2.45) is 0 Å². The van der Waals surface area contributed by atoms with Crippen molar-refractivity contribution in [2.45, 2.75) is 50.3 Å². The molecule has 2 aliphatic rings. The number of rotatable bonds is 8. The summed E-state index contributed by atoms with van der Waals surface area (Å²) in [5.41, 5.74) is 2.15. The van der Waals surface area contributed by atoms with Gasteiger partial charge in [-0.3, -0.25) is 14.4 Å². The monoisotopic (exact) mass is 509 g/mol. The summed E-state index contributed by atoms with van der Waals surface area (Å²) < 4.78 is 0. The highest BCUT2D eigenvalue weighted by atomic mass is 32.2. The Morgan fingerprint density at radius 2 is 1.94 bits per heavy atom. The second-order valence-electron chi connectivity index (χ2n) is 9.39. The van der Waals surface area contributed by atoms with Crippen molar-refractivity contribution in [2.75, 3.05) is 12.4 Å². The number of aliphatic hydroxyl groups is 1. The number of nitrogens with zero attached hydrogens (tertiary/aromatic N) is 2. The maximum atomic E-state index is 13.5. The third kappa shape index (κ3) is 4.37. The number of fused-ring (bicyclic) bond motifs is 1. The minimum absolute atomic E-state index is 0.0276. The van der Waals surface area contributed by atoms with E-state index in [9.17, 15) is 24.6 Å². The van der Waals surface area contributed by atoms with E-state index in [1.165, 1.54) is 16.7 Å². The van der Waals surface area contributed by atoms with Gasteiger partial charge in [0, 0.05) is 17.7 Å². The molecule has 0 radical (unpaired) electrons. The summed E-state index contributed by atoms with van der Waals surface area (Å²) >= 11 is 1.47. The highest BCUT2D eigenvalue weighted by Crippen LogP contribution is 2.50. The molecule has 2 saturated heterocycles. The Bertz CT molecular complexity index is 1200. The summed E-state index contributed by atoms with van der Waals surface area (Å²) in [5.74, 6) is -1.01. The lowest BCUT2D eigenvalue weighted by molar-refractivity contribution is -0.166. The van der Waals surface area contributed by atoms with E-state index in [-0.39, 0.29) is 29.5 Å². The molecule has 1 unspecified atom stereocenters. The standard InChI is InChI=1S/C27H31N3O5S/c1-5-13-30-26(35)23-27(30,4)36-15-29(23)25(34)22(32)20(14-18-9-7-6-8-10-18)28-24(33)19-12-11-16(2)21(31)17(19)3/h5-12,20,22-23,31-32H,1,13-15H2,2-4H3,(H,28,33)/t20-,22-,23+,27?/m0/s1. The molecule has 2 fully saturated rings. The van der Waals surface area contributed by atoms with Crippen LogP contribution in [0.4, 0.5) is 0 Å². The van der Waals surface area contributed by atoms with Gasteiger partial charge in [-0.15, -0.1) is 18.3 Å². The number of carbonyl (C=O) groups is 3. The van der Waals surface area contributed by atoms with Crippen LogP contribution in [-0.4, -0.2) is 73.2 Å². The van der Waals surface area contributed by atoms with Gasteiger partial charge in [-0.1, -0.05) is 42.5 Å². The lowest BCUT2D eigenvalue weighted by atomic mass is 9.93. The Morgan fingerprint density at radius 3 is 2.61 bits per heavy atom. The Labute approximate surface area is 215 Å². The number of likely N-dealkylation sites (tertiary alicyclic amines) is 1. The molecule has 4 rings (SSSR count). The second-order valence-corrected chi connectivity index (χ2v) is 10.8. The van der Waals surface area contributed by atoms with Gasteiger partial charge in [0.2, 0.25) is 5.91 Å². The fraction of sp³-hybridized carbons (Fsp3) is 0.370. The number of carbonyl (C=O) groups excluding carboxylic acids is 3. The zero-order valence-electron chi connectivity index (χ0n) is 20.6. The summed E-state index contributed by atoms with van der Waals surface area (Å²) in [7, 11) is 0. The van der Waals surface area contributed by atoms with Gasteiger partial charge in [-0.2, -0.15) is 0 Å². The molecule has 2 heterocycles. The molecule has 9 heteroatoms. The molecule has 3 N–H and O–H groups in total. The van der Waals surface area contributed by atoms with E-state index in [0.29, 0.717) is 17.7 Å². The van der Waals surface area contributed by atoms with Crippen LogP contribution in [0.25, 0.3) is 0 Å². The van der Waals surface area contributed by atoms with E-state index in [2.05, 4.69) is 11.9 Å². The Kier molecular flexibility index (Phi) is 7.15. The van der Waals surface area contributed by atoms with Crippen LogP contribution in [0.2, 0.25) is 0 Å². The average molecular weight is 510 g/mol. The predicted octanol–water partition coefficient (Wildman–Crippen LogP) is 2.36. The molecule has 2 aliphatic heterocycles. The first-order valence-corrected chi connectivity index (χ1v) is 12.8. The van der Waals surface area contributed by atoms with Gasteiger partial charge in [0.15, 0.2) is 6.10 Å². The maximum absolute atomic E-state index is 13.5. The molecule has 2 aromatic carbocycles. The number of amides is 3. The Morgan fingerprint density at radius 1 is 1.25 bits per heavy atom. The fourth-order valence-electron chi connectivity index (χ4n) is 4.90. The lowest BCUT2D eigenvalue weighted by Gasteiger charge is -2.52. The molecular formula is C27H31N3O5S. The van der Waals surface area contributed by atoms with E-state index in [0.717, 1.165) is 5.56 Å². The van der Waals surface area contributed by atoms with E-state index in [4.69, 9.17) is 0 Å². The third-order valence-corrected chi connectivity index (χ3v) is 8.51. The number of phenols is 1. The molecule has 3 amide bonds. The molecular weight excluding hydrogens is 478 g/mol. The highest BCUT2D eigenvalue weighted by Gasteiger charge is 2.65. The van der Waals surface area contributed by atoms with Gasteiger partial charge in [0.1, 0.15) is 16.7 Å². The number of nitrogens with one attached hydrogen (secondary N) is 1. The van der Waals surface area contributed by atoms with Crippen molar-refractivity contribution >= 4 is 29.5 Å². The van der Waals surface area contributed by atoms with Crippen molar-refractivity contribution < 1.29 is 24.6 Å². The topological polar surface area (TPSA) is 110 Å². The first kappa shape index (κ1) is 25.8. The summed E-state index contributed by atoms with van der Waals surface area (Å²) in [5, 5.41) is 24.3. The normalized spacial score (nSPS) is 22.4. The van der Waals surface area contributed by atoms with E-state index in [1.54, 1.807) is 37.0 Å². The van der Waals surface area contributed by atoms with Crippen molar-refractivity contribution in [3.05, 3.63) is 77.4 Å². The van der Waals surface area contributed by atoms with Crippen LogP contribution in [0.15, 0.2) is 55.1 Å². The molecule has 36 heavy (non-hydrogen) atoms. The Balaban J connectivity index is 1.57. The molecule has 0 bridgehead atoms. The highest BCUT2D eigenvalue weighted by molar-refractivity contribution is 8.01. The first-order valence-electron chi connectivity index (χ1n) is 11.8. The van der Waals surface area contributed by atoms with Crippen LogP contribution < -0.4 is 5.32 Å². The number of thioether (sulfide) groups is 1. The van der Waals surface area contributed by atoms with Crippen molar-refractivity contribution in [3.63, 3.8) is 0 Å². The first-order chi connectivity index (χ1) is 17.1. The molecule has 0 spiro atoms. The average Bonchev–Trinajstić information content (AvgIpc) is 3.18. The molecule has 8 nitrogen and oxygen atoms in total.